The third kappa shape index (κ3) is 1.60. The molecule has 1 N–H and O–H groups in total. The fraction of sp³-hybridized carbons (Fsp3) is 0.273. The molecule has 0 bridgehead atoms. The van der Waals surface area contributed by atoms with E-state index in [2.05, 4.69) is 4.98 Å². The van der Waals surface area contributed by atoms with E-state index in [4.69, 9.17) is 9.84 Å². The van der Waals surface area contributed by atoms with Crippen molar-refractivity contribution in [3.63, 3.8) is 0 Å². The third-order valence-corrected chi connectivity index (χ3v) is 2.45. The summed E-state index contributed by atoms with van der Waals surface area (Å²) in [7, 11) is 1.57. The van der Waals surface area contributed by atoms with Crippen LogP contribution < -0.4 is 4.74 Å². The zero-order valence-electron chi connectivity index (χ0n) is 9.10. The SMILES string of the molecule is COc1cccc2c1nc(C)n2CC(=O)O. The van der Waals surface area contributed by atoms with Gasteiger partial charge < -0.3 is 14.4 Å². The standard InChI is InChI=1S/C11H12N2O3/c1-7-12-11-8(13(7)6-10(14)15)4-3-5-9(11)16-2/h3-5H,6H2,1-2H3,(H,14,15). The molecule has 84 valence electrons. The van der Waals surface area contributed by atoms with Crippen LogP contribution in [0.4, 0.5) is 0 Å². The van der Waals surface area contributed by atoms with Crippen LogP contribution >= 0.6 is 0 Å². The molecule has 0 spiro atoms. The molecule has 0 aliphatic carbocycles. The molecular weight excluding hydrogens is 208 g/mol. The molecule has 1 aromatic heterocycles. The van der Waals surface area contributed by atoms with Gasteiger partial charge in [-0.15, -0.1) is 0 Å². The summed E-state index contributed by atoms with van der Waals surface area (Å²) in [5.41, 5.74) is 1.48. The molecule has 0 fully saturated rings. The van der Waals surface area contributed by atoms with Gasteiger partial charge in [0.1, 0.15) is 23.6 Å². The molecule has 5 nitrogen and oxygen atoms in total. The van der Waals surface area contributed by atoms with E-state index in [0.717, 1.165) is 5.52 Å². The third-order valence-electron chi connectivity index (χ3n) is 2.45. The number of benzene rings is 1. The van der Waals surface area contributed by atoms with Crippen molar-refractivity contribution in [3.8, 4) is 5.75 Å². The highest BCUT2D eigenvalue weighted by atomic mass is 16.5. The Balaban J connectivity index is 2.66. The number of rotatable bonds is 3. The van der Waals surface area contributed by atoms with Crippen molar-refractivity contribution in [2.45, 2.75) is 13.5 Å². The Morgan fingerprint density at radius 2 is 2.31 bits per heavy atom. The molecule has 1 aromatic carbocycles. The monoisotopic (exact) mass is 220 g/mol. The maximum atomic E-state index is 10.7. The summed E-state index contributed by atoms with van der Waals surface area (Å²) in [5.74, 6) is 0.442. The minimum Gasteiger partial charge on any atom is -0.494 e. The summed E-state index contributed by atoms with van der Waals surface area (Å²) in [4.78, 5) is 15.0. The fourth-order valence-corrected chi connectivity index (χ4v) is 1.74. The highest BCUT2D eigenvalue weighted by Crippen LogP contribution is 2.25. The number of fused-ring (bicyclic) bond motifs is 1. The van der Waals surface area contributed by atoms with Crippen LogP contribution in [-0.4, -0.2) is 27.7 Å². The molecule has 2 aromatic rings. The van der Waals surface area contributed by atoms with Gasteiger partial charge in [0.05, 0.1) is 12.6 Å². The molecule has 2 rings (SSSR count). The van der Waals surface area contributed by atoms with Crippen molar-refractivity contribution in [3.05, 3.63) is 24.0 Å². The topological polar surface area (TPSA) is 64.4 Å². The number of nitrogens with zero attached hydrogens (tertiary/aromatic N) is 2. The molecule has 0 radical (unpaired) electrons. The van der Waals surface area contributed by atoms with E-state index in [1.54, 1.807) is 24.7 Å². The average molecular weight is 220 g/mol. The maximum absolute atomic E-state index is 10.7. The summed E-state index contributed by atoms with van der Waals surface area (Å²) in [5, 5.41) is 8.82. The van der Waals surface area contributed by atoms with Crippen LogP contribution in [0.15, 0.2) is 18.2 Å². The number of imidazole rings is 1. The van der Waals surface area contributed by atoms with Crippen LogP contribution in [0.5, 0.6) is 5.75 Å². The number of methoxy groups -OCH3 is 1. The van der Waals surface area contributed by atoms with Gasteiger partial charge in [0.25, 0.3) is 0 Å². The first kappa shape index (κ1) is 10.5. The lowest BCUT2D eigenvalue weighted by Gasteiger charge is -2.03. The second-order valence-electron chi connectivity index (χ2n) is 3.47. The van der Waals surface area contributed by atoms with E-state index >= 15 is 0 Å². The first-order chi connectivity index (χ1) is 7.63. The molecule has 0 amide bonds. The first-order valence-corrected chi connectivity index (χ1v) is 4.85. The van der Waals surface area contributed by atoms with Crippen LogP contribution in [0, 0.1) is 6.92 Å². The minimum atomic E-state index is -0.884. The smallest absolute Gasteiger partial charge is 0.323 e. The van der Waals surface area contributed by atoms with Crippen LogP contribution in [0.2, 0.25) is 0 Å². The number of para-hydroxylation sites is 1. The minimum absolute atomic E-state index is 0.0878. The molecule has 16 heavy (non-hydrogen) atoms. The lowest BCUT2D eigenvalue weighted by Crippen LogP contribution is -2.09. The lowest BCUT2D eigenvalue weighted by molar-refractivity contribution is -0.137. The van der Waals surface area contributed by atoms with Crippen molar-refractivity contribution < 1.29 is 14.6 Å². The fourth-order valence-electron chi connectivity index (χ4n) is 1.74. The number of aryl methyl sites for hydroxylation is 1. The van der Waals surface area contributed by atoms with E-state index in [1.807, 2.05) is 12.1 Å². The van der Waals surface area contributed by atoms with Crippen LogP contribution in [-0.2, 0) is 11.3 Å². The predicted molar refractivity (Wildman–Crippen MR) is 58.7 cm³/mol. The average Bonchev–Trinajstić information content (AvgIpc) is 2.55. The predicted octanol–water partition coefficient (Wildman–Crippen LogP) is 1.44. The van der Waals surface area contributed by atoms with Gasteiger partial charge in [-0.3, -0.25) is 4.79 Å². The van der Waals surface area contributed by atoms with Gasteiger partial charge in [-0.25, -0.2) is 4.98 Å². The Kier molecular flexibility index (Phi) is 2.52. The van der Waals surface area contributed by atoms with E-state index in [1.165, 1.54) is 0 Å². The van der Waals surface area contributed by atoms with Crippen molar-refractivity contribution in [1.29, 1.82) is 0 Å². The Morgan fingerprint density at radius 3 is 2.94 bits per heavy atom. The Bertz CT molecular complexity index is 545. The molecule has 0 saturated heterocycles. The number of hydrogen-bond acceptors (Lipinski definition) is 3. The number of aromatic nitrogens is 2. The maximum Gasteiger partial charge on any atom is 0.323 e. The number of ether oxygens (including phenoxy) is 1. The number of carboxylic acid groups (broad SMARTS) is 1. The second-order valence-corrected chi connectivity index (χ2v) is 3.47. The van der Waals surface area contributed by atoms with Gasteiger partial charge in [0.2, 0.25) is 0 Å². The molecule has 0 aliphatic rings. The zero-order chi connectivity index (χ0) is 11.7. The van der Waals surface area contributed by atoms with Gasteiger partial charge in [0, 0.05) is 0 Å². The molecule has 0 atom stereocenters. The van der Waals surface area contributed by atoms with Gasteiger partial charge in [-0.05, 0) is 19.1 Å². The normalized spacial score (nSPS) is 10.6. The van der Waals surface area contributed by atoms with E-state index in [0.29, 0.717) is 17.1 Å². The lowest BCUT2D eigenvalue weighted by atomic mass is 10.3. The van der Waals surface area contributed by atoms with Gasteiger partial charge in [0.15, 0.2) is 0 Å². The number of carboxylic acids is 1. The molecule has 0 unspecified atom stereocenters. The largest absolute Gasteiger partial charge is 0.494 e. The number of hydrogen-bond donors (Lipinski definition) is 1. The second kappa shape index (κ2) is 3.84. The number of aliphatic carboxylic acids is 1. The molecular formula is C11H12N2O3. The van der Waals surface area contributed by atoms with Crippen LogP contribution in [0.1, 0.15) is 5.82 Å². The Labute approximate surface area is 92.3 Å². The highest BCUT2D eigenvalue weighted by Gasteiger charge is 2.12. The summed E-state index contributed by atoms with van der Waals surface area (Å²) in [6.45, 7) is 1.69. The molecule has 1 heterocycles. The van der Waals surface area contributed by atoms with Crippen molar-refractivity contribution >= 4 is 17.0 Å². The number of carbonyl (C=O) groups is 1. The zero-order valence-corrected chi connectivity index (χ0v) is 9.10. The Morgan fingerprint density at radius 1 is 1.56 bits per heavy atom. The quantitative estimate of drug-likeness (QED) is 0.850. The van der Waals surface area contributed by atoms with Gasteiger partial charge in [-0.2, -0.15) is 0 Å². The molecule has 0 saturated carbocycles. The summed E-state index contributed by atoms with van der Waals surface area (Å²) >= 11 is 0. The highest BCUT2D eigenvalue weighted by molar-refractivity contribution is 5.83. The molecule has 5 heteroatoms. The Hall–Kier alpha value is -2.04. The van der Waals surface area contributed by atoms with Crippen LogP contribution in [0.25, 0.3) is 11.0 Å². The van der Waals surface area contributed by atoms with Gasteiger partial charge in [-0.1, -0.05) is 6.07 Å². The van der Waals surface area contributed by atoms with Crippen molar-refractivity contribution in [2.24, 2.45) is 0 Å². The first-order valence-electron chi connectivity index (χ1n) is 4.85. The molecule has 0 aliphatic heterocycles. The summed E-state index contributed by atoms with van der Waals surface area (Å²) < 4.78 is 6.83. The van der Waals surface area contributed by atoms with Gasteiger partial charge >= 0.3 is 5.97 Å². The summed E-state index contributed by atoms with van der Waals surface area (Å²) in [6, 6.07) is 5.46. The van der Waals surface area contributed by atoms with Crippen molar-refractivity contribution in [2.75, 3.05) is 7.11 Å². The van der Waals surface area contributed by atoms with E-state index in [-0.39, 0.29) is 6.54 Å². The van der Waals surface area contributed by atoms with E-state index < -0.39 is 5.97 Å². The summed E-state index contributed by atoms with van der Waals surface area (Å²) in [6.07, 6.45) is 0. The van der Waals surface area contributed by atoms with Crippen molar-refractivity contribution in [1.82, 2.24) is 9.55 Å². The van der Waals surface area contributed by atoms with Crippen LogP contribution in [0.3, 0.4) is 0 Å². The van der Waals surface area contributed by atoms with E-state index in [9.17, 15) is 4.79 Å².